The second-order valence-corrected chi connectivity index (χ2v) is 30.4. The van der Waals surface area contributed by atoms with Gasteiger partial charge in [0, 0.05) is 91.8 Å². The summed E-state index contributed by atoms with van der Waals surface area (Å²) in [6, 6.07) is 16.9. The van der Waals surface area contributed by atoms with Crippen LogP contribution in [0.15, 0.2) is 97.1 Å². The summed E-state index contributed by atoms with van der Waals surface area (Å²) in [5, 5.41) is 82.6. The van der Waals surface area contributed by atoms with E-state index in [1.165, 1.54) is 44.5 Å². The van der Waals surface area contributed by atoms with Crippen molar-refractivity contribution in [3.05, 3.63) is 142 Å². The first-order valence-electron chi connectivity index (χ1n) is 32.3. The highest BCUT2D eigenvalue weighted by Gasteiger charge is 2.68. The third-order valence-electron chi connectivity index (χ3n) is 24.6. The van der Waals surface area contributed by atoms with E-state index in [2.05, 4.69) is 72.1 Å². The van der Waals surface area contributed by atoms with Gasteiger partial charge in [0.2, 0.25) is 0 Å². The van der Waals surface area contributed by atoms with E-state index in [-0.39, 0.29) is 69.1 Å². The number of phenols is 4. The minimum absolute atomic E-state index is 0.160. The Morgan fingerprint density at radius 3 is 0.734 bits per heavy atom. The van der Waals surface area contributed by atoms with Gasteiger partial charge in [-0.05, 0) is 152 Å². The lowest BCUT2D eigenvalue weighted by Gasteiger charge is -2.56. The third kappa shape index (κ3) is 9.25. The van der Waals surface area contributed by atoms with Gasteiger partial charge in [-0.3, -0.25) is 18.2 Å². The highest BCUT2D eigenvalue weighted by atomic mass is 32.3. The van der Waals surface area contributed by atoms with E-state index in [4.69, 9.17) is 54.0 Å². The van der Waals surface area contributed by atoms with E-state index < -0.39 is 45.2 Å². The molecule has 8 bridgehead atoms. The van der Waals surface area contributed by atoms with Gasteiger partial charge in [-0.15, -0.1) is 0 Å². The maximum Gasteiger partial charge on any atom is 0.394 e. The molecule has 12 N–H and O–H groups in total. The molecule has 0 radical (unpaired) electrons. The molecule has 8 aliphatic carbocycles. The van der Waals surface area contributed by atoms with Gasteiger partial charge in [-0.2, -0.15) is 16.8 Å². The number of ether oxygens (including phenoxy) is 4. The van der Waals surface area contributed by atoms with Gasteiger partial charge in [-0.1, -0.05) is 72.9 Å². The predicted molar refractivity (Wildman–Crippen MR) is 339 cm³/mol. The fourth-order valence-electron chi connectivity index (χ4n) is 21.0. The minimum Gasteiger partial charge on any atom is -0.504 e. The van der Waals surface area contributed by atoms with Crippen LogP contribution in [-0.2, 0) is 68.1 Å². The quantitative estimate of drug-likeness (QED) is 0.0885. The average Bonchev–Trinajstić information content (AvgIpc) is 1.53. The summed E-state index contributed by atoms with van der Waals surface area (Å²) in [5.41, 5.74) is 9.16. The molecule has 0 saturated carbocycles. The molecule has 16 aliphatic rings. The summed E-state index contributed by atoms with van der Waals surface area (Å²) in [7, 11) is -0.581. The Bertz CT molecular complexity index is 3640. The number of aromatic hydroxyl groups is 4. The zero-order chi connectivity index (χ0) is 66.4. The number of hydrogen-bond acceptors (Lipinski definition) is 20. The molecule has 4 saturated heterocycles. The smallest absolute Gasteiger partial charge is 0.394 e. The van der Waals surface area contributed by atoms with Crippen LogP contribution in [0.5, 0.6) is 46.0 Å². The van der Waals surface area contributed by atoms with Crippen molar-refractivity contribution in [3.63, 3.8) is 0 Å². The van der Waals surface area contributed by atoms with Crippen LogP contribution in [0.25, 0.3) is 0 Å². The fraction of sp³-hybridized carbons (Fsp3) is 0.529. The van der Waals surface area contributed by atoms with E-state index in [0.717, 1.165) is 77.5 Å². The molecule has 20 atom stereocenters. The molecule has 8 heterocycles. The van der Waals surface area contributed by atoms with Crippen LogP contribution in [0, 0.1) is 23.7 Å². The number of likely N-dealkylation sites (N-methyl/N-ethyl adjacent to an activating group) is 4. The van der Waals surface area contributed by atoms with Crippen LogP contribution in [0.3, 0.4) is 0 Å². The second kappa shape index (κ2) is 22.1. The number of aliphatic hydroxyl groups excluding tert-OH is 4. The van der Waals surface area contributed by atoms with Gasteiger partial charge in [-0.25, -0.2) is 0 Å². The summed E-state index contributed by atoms with van der Waals surface area (Å²) in [4.78, 5) is 9.73. The SMILES string of the molecule is CN1CC[C@]23c4c5ccc(O)c4O[C@H]2[C@@H](O)C=C[C@H]3[C@H]1C5.CN1CC[C@]23c4c5ccc(O)c4O[C@H]2[C@@H](O)C=C[C@H]3[C@H]1C5.CN1CC[C@]23c4c5ccc(O)c4O[C@H]2[C@@H](O)C=C[C@H]3[C@H]1C5.CN1CC[C@]23c4c5ccc(O)c4O[C@H]2[C@@H](O)C=C[C@H]3[C@H]1C5.O=S(=O)(O)O.O=S(=O)(O)O. The molecule has 0 aromatic heterocycles. The number of likely N-dealkylation sites (tertiary alicyclic amines) is 4. The van der Waals surface area contributed by atoms with Gasteiger partial charge >= 0.3 is 20.8 Å². The van der Waals surface area contributed by atoms with E-state index in [9.17, 15) is 40.9 Å². The molecule has 20 rings (SSSR count). The maximum atomic E-state index is 10.4. The zero-order valence-electron chi connectivity index (χ0n) is 52.2. The standard InChI is InChI=1S/4C17H19NO3.2H2O4S/c4*1-18-7-6-17-10-3-5-13(20)16(17)21-15-12(19)4-2-9(14(15)17)8-11(10)18;2*1-5(2,3)4/h4*2-5,10-11,13,16,19-20H,6-8H2,1H3;2*(H2,1,2,3,4)/t4*10-,11+,13-,16-,17-;;/m0000../s1. The normalized spacial score (nSPS) is 39.3. The van der Waals surface area contributed by atoms with Crippen LogP contribution in [0.1, 0.15) is 70.2 Å². The van der Waals surface area contributed by atoms with Crippen molar-refractivity contribution in [2.75, 3.05) is 54.4 Å². The van der Waals surface area contributed by atoms with E-state index in [1.807, 2.05) is 48.6 Å². The van der Waals surface area contributed by atoms with Gasteiger partial charge in [0.25, 0.3) is 0 Å². The van der Waals surface area contributed by atoms with Crippen molar-refractivity contribution >= 4 is 20.8 Å². The number of piperidine rings is 4. The first-order valence-corrected chi connectivity index (χ1v) is 35.0. The van der Waals surface area contributed by atoms with Gasteiger partial charge in [0.1, 0.15) is 48.8 Å². The molecule has 26 heteroatoms. The predicted octanol–water partition coefficient (Wildman–Crippen LogP) is 3.49. The number of aliphatic hydroxyl groups is 4. The molecular weight excluding hydrogens is 1260 g/mol. The number of nitrogens with zero attached hydrogens (tertiary/aromatic N) is 4. The summed E-state index contributed by atoms with van der Waals surface area (Å²) >= 11 is 0. The number of hydrogen-bond donors (Lipinski definition) is 12. The molecule has 0 unspecified atom stereocenters. The van der Waals surface area contributed by atoms with Crippen molar-refractivity contribution in [1.29, 1.82) is 0 Å². The summed E-state index contributed by atoms with van der Waals surface area (Å²) < 4.78 is 87.5. The maximum absolute atomic E-state index is 10.4. The molecule has 8 aliphatic heterocycles. The van der Waals surface area contributed by atoms with Gasteiger partial charge in [0.15, 0.2) is 46.0 Å². The van der Waals surface area contributed by atoms with Crippen molar-refractivity contribution < 1.29 is 94.8 Å². The highest BCUT2D eigenvalue weighted by molar-refractivity contribution is 7.80. The zero-order valence-corrected chi connectivity index (χ0v) is 53.8. The van der Waals surface area contributed by atoms with Crippen LogP contribution in [0.4, 0.5) is 0 Å². The Kier molecular flexibility index (Phi) is 15.0. The topological polar surface area (TPSA) is 361 Å². The van der Waals surface area contributed by atoms with E-state index >= 15 is 0 Å². The van der Waals surface area contributed by atoms with Gasteiger partial charge in [0.05, 0.1) is 0 Å². The van der Waals surface area contributed by atoms with E-state index in [0.29, 0.717) is 70.8 Å². The summed E-state index contributed by atoms with van der Waals surface area (Å²) in [5.74, 6) is 4.76. The van der Waals surface area contributed by atoms with Crippen molar-refractivity contribution in [3.8, 4) is 46.0 Å². The molecule has 504 valence electrons. The molecule has 4 spiro atoms. The first-order chi connectivity index (χ1) is 44.5. The number of phenolic OH excluding ortho intramolecular Hbond substituents is 4. The summed E-state index contributed by atoms with van der Waals surface area (Å²) in [6.45, 7) is 4.04. The molecular formula is C68H80N4O20S2. The molecule has 0 amide bonds. The molecule has 4 aromatic carbocycles. The Morgan fingerprint density at radius 1 is 0.351 bits per heavy atom. The lowest BCUT2D eigenvalue weighted by molar-refractivity contribution is -0.0453. The average molecular weight is 1340 g/mol. The Balaban J connectivity index is 0.0000000985. The van der Waals surface area contributed by atoms with Crippen LogP contribution < -0.4 is 18.9 Å². The molecule has 24 nitrogen and oxygen atoms in total. The third-order valence-corrected chi connectivity index (χ3v) is 24.6. The first kappa shape index (κ1) is 63.7. The van der Waals surface area contributed by atoms with Gasteiger partial charge < -0.3 is 79.4 Å². The van der Waals surface area contributed by atoms with Crippen molar-refractivity contribution in [2.45, 2.75) is 146 Å². The van der Waals surface area contributed by atoms with Crippen molar-refractivity contribution in [2.24, 2.45) is 23.7 Å². The molecule has 4 fully saturated rings. The Hall–Kier alpha value is -6.34. The highest BCUT2D eigenvalue weighted by Crippen LogP contribution is 2.67. The largest absolute Gasteiger partial charge is 0.504 e. The lowest BCUT2D eigenvalue weighted by atomic mass is 9.53. The fourth-order valence-corrected chi connectivity index (χ4v) is 21.0. The van der Waals surface area contributed by atoms with Crippen LogP contribution in [0.2, 0.25) is 0 Å². The van der Waals surface area contributed by atoms with Crippen molar-refractivity contribution in [1.82, 2.24) is 19.6 Å². The Morgan fingerprint density at radius 2 is 0.543 bits per heavy atom. The monoisotopic (exact) mass is 1340 g/mol. The number of rotatable bonds is 0. The molecule has 94 heavy (non-hydrogen) atoms. The molecule has 4 aromatic rings. The number of benzene rings is 4. The van der Waals surface area contributed by atoms with Crippen LogP contribution in [-0.4, -0.2) is 223 Å². The Labute approximate surface area is 544 Å². The summed E-state index contributed by atoms with van der Waals surface area (Å²) in [6.07, 6.45) is 20.7. The van der Waals surface area contributed by atoms with E-state index in [1.54, 1.807) is 24.3 Å². The lowest BCUT2D eigenvalue weighted by Crippen LogP contribution is -2.64. The van der Waals surface area contributed by atoms with Crippen LogP contribution >= 0.6 is 0 Å². The minimum atomic E-state index is -4.67. The second-order valence-electron chi connectivity index (χ2n) is 28.6.